The molecule has 2 aromatic rings. The van der Waals surface area contributed by atoms with Gasteiger partial charge in [-0.3, -0.25) is 0 Å². The molecule has 2 rings (SSSR count). The number of aryl methyl sites for hydroxylation is 2. The lowest BCUT2D eigenvalue weighted by Gasteiger charge is -1.99. The average Bonchev–Trinajstić information content (AvgIpc) is 2.71. The summed E-state index contributed by atoms with van der Waals surface area (Å²) in [6.45, 7) is 4.80. The molecule has 1 N–H and O–H groups in total. The van der Waals surface area contributed by atoms with E-state index in [1.807, 2.05) is 20.0 Å². The van der Waals surface area contributed by atoms with Gasteiger partial charge in [0.1, 0.15) is 10.8 Å². The number of rotatable bonds is 4. The minimum absolute atomic E-state index is 0.201. The first kappa shape index (κ1) is 13.2. The summed E-state index contributed by atoms with van der Waals surface area (Å²) in [6.07, 6.45) is 0.905. The van der Waals surface area contributed by atoms with E-state index in [0.717, 1.165) is 34.8 Å². The van der Waals surface area contributed by atoms with E-state index in [9.17, 15) is 4.39 Å². The van der Waals surface area contributed by atoms with Gasteiger partial charge in [0.15, 0.2) is 0 Å². The molecule has 0 atom stereocenters. The molecule has 1 aromatic heterocycles. The van der Waals surface area contributed by atoms with Crippen LogP contribution in [0.1, 0.15) is 23.1 Å². The average molecular weight is 264 g/mol. The lowest BCUT2D eigenvalue weighted by Crippen LogP contribution is -2.05. The fourth-order valence-electron chi connectivity index (χ4n) is 1.94. The molecule has 0 spiro atoms. The standard InChI is InChI=1S/C14H17FN2S/c1-4-12-13(8-16-3)18-14(17-12)10-5-9(2)6-11(15)7-10/h5-7,16H,4,8H2,1-3H3. The molecule has 0 fully saturated rings. The van der Waals surface area contributed by atoms with E-state index < -0.39 is 0 Å². The summed E-state index contributed by atoms with van der Waals surface area (Å²) in [5, 5.41) is 4.05. The van der Waals surface area contributed by atoms with Gasteiger partial charge in [0.2, 0.25) is 0 Å². The minimum atomic E-state index is -0.201. The van der Waals surface area contributed by atoms with E-state index in [4.69, 9.17) is 0 Å². The normalized spacial score (nSPS) is 10.9. The first-order chi connectivity index (χ1) is 8.63. The van der Waals surface area contributed by atoms with Crippen molar-refractivity contribution >= 4 is 11.3 Å². The van der Waals surface area contributed by atoms with Gasteiger partial charge in [0.05, 0.1) is 5.69 Å². The highest BCUT2D eigenvalue weighted by Gasteiger charge is 2.11. The van der Waals surface area contributed by atoms with E-state index in [1.54, 1.807) is 17.4 Å². The number of benzene rings is 1. The zero-order valence-electron chi connectivity index (χ0n) is 10.9. The maximum atomic E-state index is 13.4. The summed E-state index contributed by atoms with van der Waals surface area (Å²) < 4.78 is 13.4. The molecular weight excluding hydrogens is 247 g/mol. The first-order valence-electron chi connectivity index (χ1n) is 6.04. The Hall–Kier alpha value is -1.26. The molecule has 96 valence electrons. The van der Waals surface area contributed by atoms with E-state index in [2.05, 4.69) is 17.2 Å². The smallest absolute Gasteiger partial charge is 0.124 e. The van der Waals surface area contributed by atoms with Crippen LogP contribution in [0, 0.1) is 12.7 Å². The second-order valence-corrected chi connectivity index (χ2v) is 5.37. The third-order valence-electron chi connectivity index (χ3n) is 2.74. The predicted octanol–water partition coefficient (Wildman–Crippen LogP) is 3.54. The molecule has 2 nitrogen and oxygen atoms in total. The second kappa shape index (κ2) is 5.59. The molecule has 0 amide bonds. The number of thiazole rings is 1. The Morgan fingerprint density at radius 1 is 1.33 bits per heavy atom. The molecule has 1 aromatic carbocycles. The summed E-state index contributed by atoms with van der Waals surface area (Å²) >= 11 is 1.64. The quantitative estimate of drug-likeness (QED) is 0.913. The topological polar surface area (TPSA) is 24.9 Å². The summed E-state index contributed by atoms with van der Waals surface area (Å²) in [5.41, 5.74) is 2.90. The molecule has 0 unspecified atom stereocenters. The zero-order valence-corrected chi connectivity index (χ0v) is 11.7. The Balaban J connectivity index is 2.43. The van der Waals surface area contributed by atoms with Crippen LogP contribution in [0.25, 0.3) is 10.6 Å². The van der Waals surface area contributed by atoms with Gasteiger partial charge in [-0.05, 0) is 44.2 Å². The monoisotopic (exact) mass is 264 g/mol. The minimum Gasteiger partial charge on any atom is -0.315 e. The fraction of sp³-hybridized carbons (Fsp3) is 0.357. The Bertz CT molecular complexity index is 528. The van der Waals surface area contributed by atoms with Crippen molar-refractivity contribution in [1.82, 2.24) is 10.3 Å². The number of hydrogen-bond donors (Lipinski definition) is 1. The molecular formula is C14H17FN2S. The molecule has 0 bridgehead atoms. The molecule has 1 heterocycles. The molecule has 18 heavy (non-hydrogen) atoms. The van der Waals surface area contributed by atoms with Crippen LogP contribution >= 0.6 is 11.3 Å². The van der Waals surface area contributed by atoms with Crippen molar-refractivity contribution in [3.8, 4) is 10.6 Å². The van der Waals surface area contributed by atoms with Crippen molar-refractivity contribution < 1.29 is 4.39 Å². The van der Waals surface area contributed by atoms with E-state index in [1.165, 1.54) is 10.9 Å². The maximum Gasteiger partial charge on any atom is 0.124 e. The van der Waals surface area contributed by atoms with Gasteiger partial charge >= 0.3 is 0 Å². The number of nitrogens with one attached hydrogen (secondary N) is 1. The van der Waals surface area contributed by atoms with Crippen LogP contribution in [0.3, 0.4) is 0 Å². The zero-order chi connectivity index (χ0) is 13.1. The van der Waals surface area contributed by atoms with Crippen molar-refractivity contribution in [3.05, 3.63) is 40.2 Å². The van der Waals surface area contributed by atoms with Crippen molar-refractivity contribution in [2.75, 3.05) is 7.05 Å². The van der Waals surface area contributed by atoms with Gasteiger partial charge in [-0.2, -0.15) is 0 Å². The van der Waals surface area contributed by atoms with Gasteiger partial charge in [-0.15, -0.1) is 11.3 Å². The van der Waals surface area contributed by atoms with Crippen LogP contribution in [0.2, 0.25) is 0 Å². The fourth-order valence-corrected chi connectivity index (χ4v) is 3.09. The predicted molar refractivity (Wildman–Crippen MR) is 74.4 cm³/mol. The van der Waals surface area contributed by atoms with Crippen molar-refractivity contribution in [2.24, 2.45) is 0 Å². The van der Waals surface area contributed by atoms with Crippen LogP contribution in [0.4, 0.5) is 4.39 Å². The van der Waals surface area contributed by atoms with Crippen LogP contribution in [-0.2, 0) is 13.0 Å². The van der Waals surface area contributed by atoms with Crippen molar-refractivity contribution in [2.45, 2.75) is 26.8 Å². The van der Waals surface area contributed by atoms with Crippen molar-refractivity contribution in [3.63, 3.8) is 0 Å². The number of hydrogen-bond acceptors (Lipinski definition) is 3. The van der Waals surface area contributed by atoms with Crippen LogP contribution in [0.15, 0.2) is 18.2 Å². The molecule has 0 aliphatic carbocycles. The summed E-state index contributed by atoms with van der Waals surface area (Å²) in [4.78, 5) is 5.84. The Kier molecular flexibility index (Phi) is 4.09. The van der Waals surface area contributed by atoms with Crippen molar-refractivity contribution in [1.29, 1.82) is 0 Å². The van der Waals surface area contributed by atoms with Crippen LogP contribution < -0.4 is 5.32 Å². The van der Waals surface area contributed by atoms with Gasteiger partial charge in [-0.25, -0.2) is 9.37 Å². The molecule has 0 aliphatic heterocycles. The highest BCUT2D eigenvalue weighted by atomic mass is 32.1. The first-order valence-corrected chi connectivity index (χ1v) is 6.86. The summed E-state index contributed by atoms with van der Waals surface area (Å²) in [6, 6.07) is 5.06. The molecule has 4 heteroatoms. The largest absolute Gasteiger partial charge is 0.315 e. The third-order valence-corrected chi connectivity index (χ3v) is 3.89. The van der Waals surface area contributed by atoms with Gasteiger partial charge in [-0.1, -0.05) is 6.92 Å². The number of halogens is 1. The van der Waals surface area contributed by atoms with Crippen LogP contribution in [-0.4, -0.2) is 12.0 Å². The SMILES string of the molecule is CCc1nc(-c2cc(C)cc(F)c2)sc1CNC. The molecule has 0 radical (unpaired) electrons. The lowest BCUT2D eigenvalue weighted by atomic mass is 10.1. The van der Waals surface area contributed by atoms with E-state index >= 15 is 0 Å². The van der Waals surface area contributed by atoms with Gasteiger partial charge in [0, 0.05) is 17.0 Å². The highest BCUT2D eigenvalue weighted by Crippen LogP contribution is 2.29. The Morgan fingerprint density at radius 2 is 2.11 bits per heavy atom. The molecule has 0 saturated carbocycles. The Morgan fingerprint density at radius 3 is 2.72 bits per heavy atom. The number of nitrogens with zero attached hydrogens (tertiary/aromatic N) is 1. The van der Waals surface area contributed by atoms with Gasteiger partial charge < -0.3 is 5.32 Å². The third kappa shape index (κ3) is 2.76. The van der Waals surface area contributed by atoms with E-state index in [0.29, 0.717) is 0 Å². The molecule has 0 saturated heterocycles. The molecule has 0 aliphatic rings. The summed E-state index contributed by atoms with van der Waals surface area (Å²) in [5.74, 6) is -0.201. The van der Waals surface area contributed by atoms with E-state index in [-0.39, 0.29) is 5.82 Å². The summed E-state index contributed by atoms with van der Waals surface area (Å²) in [7, 11) is 1.92. The number of aromatic nitrogens is 1. The second-order valence-electron chi connectivity index (χ2n) is 4.29. The maximum absolute atomic E-state index is 13.4. The highest BCUT2D eigenvalue weighted by molar-refractivity contribution is 7.15. The Labute approximate surface area is 111 Å². The van der Waals surface area contributed by atoms with Crippen LogP contribution in [0.5, 0.6) is 0 Å². The van der Waals surface area contributed by atoms with Gasteiger partial charge in [0.25, 0.3) is 0 Å². The lowest BCUT2D eigenvalue weighted by molar-refractivity contribution is 0.627.